The maximum Gasteiger partial charge on any atom is 0.324 e. The average Bonchev–Trinajstić information content (AvgIpc) is 2.94. The maximum absolute atomic E-state index is 11.7. The molecule has 0 spiro atoms. The Kier molecular flexibility index (Phi) is 4.42. The molecule has 0 aliphatic carbocycles. The zero-order chi connectivity index (χ0) is 14.8. The van der Waals surface area contributed by atoms with Crippen LogP contribution in [0.15, 0.2) is 0 Å². The van der Waals surface area contributed by atoms with Crippen LogP contribution in [0.1, 0.15) is 45.4 Å². The van der Waals surface area contributed by atoms with Gasteiger partial charge in [-0.3, -0.25) is 24.2 Å². The van der Waals surface area contributed by atoms with Crippen molar-refractivity contribution in [1.29, 1.82) is 0 Å². The molecule has 20 heavy (non-hydrogen) atoms. The molecule has 6 nitrogen and oxygen atoms in total. The van der Waals surface area contributed by atoms with Crippen LogP contribution in [0.5, 0.6) is 0 Å². The summed E-state index contributed by atoms with van der Waals surface area (Å²) in [5.41, 5.74) is -0.805. The van der Waals surface area contributed by atoms with E-state index in [1.807, 2.05) is 11.8 Å². The molecule has 0 aromatic heterocycles. The summed E-state index contributed by atoms with van der Waals surface area (Å²) >= 11 is 0. The number of nitrogens with zero attached hydrogens (tertiary/aromatic N) is 2. The largest absolute Gasteiger partial charge is 0.480 e. The number of carboxylic acid groups (broad SMARTS) is 1. The minimum Gasteiger partial charge on any atom is -0.480 e. The Bertz CT molecular complexity index is 407. The van der Waals surface area contributed by atoms with Crippen molar-refractivity contribution in [2.24, 2.45) is 0 Å². The zero-order valence-electron chi connectivity index (χ0n) is 11.9. The van der Waals surface area contributed by atoms with Crippen molar-refractivity contribution in [3.05, 3.63) is 0 Å². The monoisotopic (exact) mass is 282 g/mol. The molecule has 0 saturated carbocycles. The molecule has 1 atom stereocenters. The van der Waals surface area contributed by atoms with Gasteiger partial charge in [-0.15, -0.1) is 0 Å². The molecule has 1 N–H and O–H groups in total. The van der Waals surface area contributed by atoms with Gasteiger partial charge in [0.25, 0.3) is 0 Å². The van der Waals surface area contributed by atoms with Crippen LogP contribution in [0.25, 0.3) is 0 Å². The predicted octanol–water partition coefficient (Wildman–Crippen LogP) is 0.855. The molecule has 0 bridgehead atoms. The standard InChI is InChI=1S/C14H22N2O4/c1-2-6-14(13(19)20)7-3-8-15(14)9-10-16-11(17)4-5-12(16)18/h2-10H2,1H3,(H,19,20). The van der Waals surface area contributed by atoms with Gasteiger partial charge in [-0.1, -0.05) is 13.3 Å². The lowest BCUT2D eigenvalue weighted by Crippen LogP contribution is -2.52. The highest BCUT2D eigenvalue weighted by molar-refractivity contribution is 6.01. The van der Waals surface area contributed by atoms with Gasteiger partial charge in [-0.2, -0.15) is 0 Å². The Morgan fingerprint density at radius 3 is 2.45 bits per heavy atom. The second-order valence-corrected chi connectivity index (χ2v) is 5.62. The second kappa shape index (κ2) is 5.91. The van der Waals surface area contributed by atoms with Crippen molar-refractivity contribution < 1.29 is 19.5 Å². The number of amides is 2. The van der Waals surface area contributed by atoms with E-state index in [9.17, 15) is 19.5 Å². The van der Waals surface area contributed by atoms with E-state index in [4.69, 9.17) is 0 Å². The molecule has 1 unspecified atom stereocenters. The lowest BCUT2D eigenvalue weighted by atomic mass is 9.90. The summed E-state index contributed by atoms with van der Waals surface area (Å²) in [4.78, 5) is 38.0. The van der Waals surface area contributed by atoms with E-state index in [-0.39, 0.29) is 24.7 Å². The lowest BCUT2D eigenvalue weighted by molar-refractivity contribution is -0.150. The Labute approximate surface area is 118 Å². The summed E-state index contributed by atoms with van der Waals surface area (Å²) in [6.07, 6.45) is 3.51. The van der Waals surface area contributed by atoms with Crippen LogP contribution in [0, 0.1) is 0 Å². The van der Waals surface area contributed by atoms with Gasteiger partial charge in [0.05, 0.1) is 0 Å². The normalized spacial score (nSPS) is 27.6. The molecule has 0 aromatic carbocycles. The quantitative estimate of drug-likeness (QED) is 0.731. The molecule has 6 heteroatoms. The minimum absolute atomic E-state index is 0.134. The molecule has 0 radical (unpaired) electrons. The molecule has 112 valence electrons. The van der Waals surface area contributed by atoms with Crippen molar-refractivity contribution >= 4 is 17.8 Å². The van der Waals surface area contributed by atoms with Crippen molar-refractivity contribution in [1.82, 2.24) is 9.80 Å². The van der Waals surface area contributed by atoms with E-state index < -0.39 is 11.5 Å². The summed E-state index contributed by atoms with van der Waals surface area (Å²) in [6, 6.07) is 0. The number of aliphatic carboxylic acids is 1. The van der Waals surface area contributed by atoms with Gasteiger partial charge in [-0.25, -0.2) is 0 Å². The van der Waals surface area contributed by atoms with E-state index in [2.05, 4.69) is 0 Å². The smallest absolute Gasteiger partial charge is 0.324 e. The highest BCUT2D eigenvalue weighted by Gasteiger charge is 2.46. The number of hydrogen-bond donors (Lipinski definition) is 1. The molecule has 2 amide bonds. The first kappa shape index (κ1) is 15.0. The van der Waals surface area contributed by atoms with Crippen LogP contribution < -0.4 is 0 Å². The highest BCUT2D eigenvalue weighted by Crippen LogP contribution is 2.33. The van der Waals surface area contributed by atoms with E-state index >= 15 is 0 Å². The van der Waals surface area contributed by atoms with Crippen molar-refractivity contribution in [3.63, 3.8) is 0 Å². The van der Waals surface area contributed by atoms with Gasteiger partial charge >= 0.3 is 5.97 Å². The lowest BCUT2D eigenvalue weighted by Gasteiger charge is -2.35. The number of carboxylic acids is 1. The number of carbonyl (C=O) groups excluding carboxylic acids is 2. The van der Waals surface area contributed by atoms with E-state index in [1.165, 1.54) is 4.90 Å². The Balaban J connectivity index is 2.02. The number of carbonyl (C=O) groups is 3. The van der Waals surface area contributed by atoms with Gasteiger partial charge in [0, 0.05) is 25.9 Å². The summed E-state index contributed by atoms with van der Waals surface area (Å²) < 4.78 is 0. The fourth-order valence-corrected chi connectivity index (χ4v) is 3.40. The van der Waals surface area contributed by atoms with Crippen molar-refractivity contribution in [2.45, 2.75) is 51.0 Å². The van der Waals surface area contributed by atoms with Gasteiger partial charge in [0.1, 0.15) is 5.54 Å². The molecule has 2 heterocycles. The van der Waals surface area contributed by atoms with Crippen LogP contribution in [0.2, 0.25) is 0 Å². The minimum atomic E-state index is -0.805. The Morgan fingerprint density at radius 1 is 1.25 bits per heavy atom. The molecule has 2 fully saturated rings. The second-order valence-electron chi connectivity index (χ2n) is 5.62. The summed E-state index contributed by atoms with van der Waals surface area (Å²) in [7, 11) is 0. The number of imide groups is 1. The first-order chi connectivity index (χ1) is 9.51. The Morgan fingerprint density at radius 2 is 1.90 bits per heavy atom. The summed E-state index contributed by atoms with van der Waals surface area (Å²) in [5.74, 6) is -1.05. The SMILES string of the molecule is CCCC1(C(=O)O)CCCN1CCN1C(=O)CCC1=O. The highest BCUT2D eigenvalue weighted by atomic mass is 16.4. The number of rotatable bonds is 6. The molecular formula is C14H22N2O4. The maximum atomic E-state index is 11.7. The molecule has 0 aromatic rings. The topological polar surface area (TPSA) is 77.9 Å². The average molecular weight is 282 g/mol. The third kappa shape index (κ3) is 2.57. The van der Waals surface area contributed by atoms with E-state index in [0.717, 1.165) is 19.4 Å². The van der Waals surface area contributed by atoms with Gasteiger partial charge in [0.15, 0.2) is 0 Å². The number of likely N-dealkylation sites (tertiary alicyclic amines) is 2. The molecule has 2 rings (SSSR count). The fourth-order valence-electron chi connectivity index (χ4n) is 3.40. The fraction of sp³-hybridized carbons (Fsp3) is 0.786. The first-order valence-corrected chi connectivity index (χ1v) is 7.33. The van der Waals surface area contributed by atoms with Gasteiger partial charge in [-0.05, 0) is 25.8 Å². The summed E-state index contributed by atoms with van der Waals surface area (Å²) in [5, 5.41) is 9.57. The predicted molar refractivity (Wildman–Crippen MR) is 72.0 cm³/mol. The van der Waals surface area contributed by atoms with Gasteiger partial charge < -0.3 is 5.11 Å². The summed E-state index contributed by atoms with van der Waals surface area (Å²) in [6.45, 7) is 3.48. The van der Waals surface area contributed by atoms with Gasteiger partial charge in [0.2, 0.25) is 11.8 Å². The third-order valence-electron chi connectivity index (χ3n) is 4.43. The first-order valence-electron chi connectivity index (χ1n) is 7.33. The number of hydrogen-bond acceptors (Lipinski definition) is 4. The Hall–Kier alpha value is -1.43. The van der Waals surface area contributed by atoms with Crippen LogP contribution in [0.4, 0.5) is 0 Å². The van der Waals surface area contributed by atoms with Crippen LogP contribution >= 0.6 is 0 Å². The van der Waals surface area contributed by atoms with E-state index in [1.54, 1.807) is 0 Å². The molecule has 2 aliphatic rings. The zero-order valence-corrected chi connectivity index (χ0v) is 11.9. The van der Waals surface area contributed by atoms with Crippen molar-refractivity contribution in [2.75, 3.05) is 19.6 Å². The molecular weight excluding hydrogens is 260 g/mol. The van der Waals surface area contributed by atoms with Crippen LogP contribution in [-0.2, 0) is 14.4 Å². The molecule has 2 saturated heterocycles. The third-order valence-corrected chi connectivity index (χ3v) is 4.43. The van der Waals surface area contributed by atoms with Crippen LogP contribution in [-0.4, -0.2) is 57.9 Å². The van der Waals surface area contributed by atoms with Crippen LogP contribution in [0.3, 0.4) is 0 Å². The molecule has 2 aliphatic heterocycles. The van der Waals surface area contributed by atoms with E-state index in [0.29, 0.717) is 25.9 Å². The van der Waals surface area contributed by atoms with Crippen molar-refractivity contribution in [3.8, 4) is 0 Å².